The number of nitrogens with zero attached hydrogens (tertiary/aromatic N) is 2. The van der Waals surface area contributed by atoms with Gasteiger partial charge in [0.25, 0.3) is 0 Å². The molecule has 1 fully saturated rings. The molecule has 1 aromatic heterocycles. The van der Waals surface area contributed by atoms with E-state index in [0.29, 0.717) is 24.3 Å². The van der Waals surface area contributed by atoms with Crippen LogP contribution in [0.25, 0.3) is 0 Å². The van der Waals surface area contributed by atoms with Crippen LogP contribution in [-0.2, 0) is 13.0 Å². The molecule has 0 amide bonds. The summed E-state index contributed by atoms with van der Waals surface area (Å²) in [5.41, 5.74) is 2.19. The Balaban J connectivity index is 1.82. The molecule has 2 N–H and O–H groups in total. The maximum atomic E-state index is 5.99. The SMILES string of the molecule is CCc1nc(OC)c(CN[C@H]2CCCN[C@H]2c2ccccc2)c(OC(C)C)n1. The fourth-order valence-corrected chi connectivity index (χ4v) is 3.64. The molecule has 1 aliphatic heterocycles. The van der Waals surface area contributed by atoms with Crippen molar-refractivity contribution in [1.82, 2.24) is 20.6 Å². The Morgan fingerprint density at radius 2 is 1.93 bits per heavy atom. The zero-order valence-corrected chi connectivity index (χ0v) is 17.4. The number of piperidine rings is 1. The van der Waals surface area contributed by atoms with Gasteiger partial charge in [0.2, 0.25) is 11.8 Å². The van der Waals surface area contributed by atoms with E-state index in [2.05, 4.69) is 50.9 Å². The molecule has 28 heavy (non-hydrogen) atoms. The van der Waals surface area contributed by atoms with Crippen molar-refractivity contribution in [1.29, 1.82) is 0 Å². The highest BCUT2D eigenvalue weighted by Crippen LogP contribution is 2.28. The molecule has 2 atom stereocenters. The molecule has 152 valence electrons. The first-order valence-corrected chi connectivity index (χ1v) is 10.2. The van der Waals surface area contributed by atoms with Crippen molar-refractivity contribution in [2.24, 2.45) is 0 Å². The Morgan fingerprint density at radius 1 is 1.18 bits per heavy atom. The van der Waals surface area contributed by atoms with Crippen LogP contribution in [0.1, 0.15) is 56.6 Å². The van der Waals surface area contributed by atoms with Crippen molar-refractivity contribution in [2.75, 3.05) is 13.7 Å². The Hall–Kier alpha value is -2.18. The number of ether oxygens (including phenoxy) is 2. The third-order valence-electron chi connectivity index (χ3n) is 4.99. The molecular weight excluding hydrogens is 352 g/mol. The van der Waals surface area contributed by atoms with Crippen molar-refractivity contribution in [3.05, 3.63) is 47.3 Å². The van der Waals surface area contributed by atoms with Crippen molar-refractivity contribution >= 4 is 0 Å². The number of aromatic nitrogens is 2. The summed E-state index contributed by atoms with van der Waals surface area (Å²) in [5.74, 6) is 1.94. The average molecular weight is 385 g/mol. The van der Waals surface area contributed by atoms with Gasteiger partial charge in [-0.1, -0.05) is 37.3 Å². The van der Waals surface area contributed by atoms with Crippen LogP contribution in [0, 0.1) is 0 Å². The summed E-state index contributed by atoms with van der Waals surface area (Å²) in [7, 11) is 1.65. The van der Waals surface area contributed by atoms with Gasteiger partial charge < -0.3 is 20.1 Å². The smallest absolute Gasteiger partial charge is 0.225 e. The van der Waals surface area contributed by atoms with Crippen molar-refractivity contribution in [3.8, 4) is 11.8 Å². The first kappa shape index (κ1) is 20.6. The Labute approximate surface area is 168 Å². The van der Waals surface area contributed by atoms with E-state index >= 15 is 0 Å². The first-order valence-electron chi connectivity index (χ1n) is 10.2. The number of hydrogen-bond donors (Lipinski definition) is 2. The topological polar surface area (TPSA) is 68.3 Å². The minimum Gasteiger partial charge on any atom is -0.481 e. The molecule has 1 saturated heterocycles. The Bertz CT molecular complexity index is 752. The third-order valence-corrected chi connectivity index (χ3v) is 4.99. The van der Waals surface area contributed by atoms with E-state index < -0.39 is 0 Å². The second-order valence-corrected chi connectivity index (χ2v) is 7.43. The molecular formula is C22H32N4O2. The summed E-state index contributed by atoms with van der Waals surface area (Å²) in [6.45, 7) is 7.69. The van der Waals surface area contributed by atoms with E-state index in [1.807, 2.05) is 20.8 Å². The van der Waals surface area contributed by atoms with Gasteiger partial charge in [0.1, 0.15) is 5.82 Å². The highest BCUT2D eigenvalue weighted by atomic mass is 16.5. The molecule has 0 radical (unpaired) electrons. The largest absolute Gasteiger partial charge is 0.481 e. The predicted octanol–water partition coefficient (Wildman–Crippen LogP) is 3.42. The van der Waals surface area contributed by atoms with Crippen LogP contribution in [0.15, 0.2) is 30.3 Å². The van der Waals surface area contributed by atoms with Crippen molar-refractivity contribution in [2.45, 2.75) is 64.8 Å². The normalized spacial score (nSPS) is 19.6. The summed E-state index contributed by atoms with van der Waals surface area (Å²) < 4.78 is 11.6. The molecule has 3 rings (SSSR count). The van der Waals surface area contributed by atoms with Gasteiger partial charge in [0.15, 0.2) is 0 Å². The molecule has 2 heterocycles. The number of hydrogen-bond acceptors (Lipinski definition) is 6. The number of benzene rings is 1. The van der Waals surface area contributed by atoms with Gasteiger partial charge in [0.05, 0.1) is 18.8 Å². The Kier molecular flexibility index (Phi) is 7.23. The summed E-state index contributed by atoms with van der Waals surface area (Å²) in [5, 5.41) is 7.37. The summed E-state index contributed by atoms with van der Waals surface area (Å²) in [6.07, 6.45) is 3.04. The molecule has 0 saturated carbocycles. The van der Waals surface area contributed by atoms with E-state index in [0.717, 1.165) is 37.2 Å². The molecule has 0 unspecified atom stereocenters. The molecule has 1 aliphatic rings. The number of nitrogens with one attached hydrogen (secondary N) is 2. The zero-order chi connectivity index (χ0) is 19.9. The van der Waals surface area contributed by atoms with Crippen LogP contribution in [0.2, 0.25) is 0 Å². The van der Waals surface area contributed by atoms with Gasteiger partial charge in [0, 0.05) is 25.0 Å². The number of methoxy groups -OCH3 is 1. The van der Waals surface area contributed by atoms with E-state index in [1.54, 1.807) is 7.11 Å². The lowest BCUT2D eigenvalue weighted by Crippen LogP contribution is -2.45. The number of rotatable bonds is 8. The average Bonchev–Trinajstić information content (AvgIpc) is 2.72. The molecule has 0 aliphatic carbocycles. The predicted molar refractivity (Wildman–Crippen MR) is 111 cm³/mol. The van der Waals surface area contributed by atoms with E-state index in [4.69, 9.17) is 9.47 Å². The van der Waals surface area contributed by atoms with Gasteiger partial charge in [-0.15, -0.1) is 0 Å². The van der Waals surface area contributed by atoms with Gasteiger partial charge in [-0.3, -0.25) is 0 Å². The van der Waals surface area contributed by atoms with Crippen LogP contribution >= 0.6 is 0 Å². The maximum Gasteiger partial charge on any atom is 0.225 e. The standard InChI is InChI=1S/C22H32N4O2/c1-5-19-25-21(27-4)17(22(26-19)28-15(2)3)14-24-18-12-9-13-23-20(18)16-10-7-6-8-11-16/h6-8,10-11,15,18,20,23-24H,5,9,12-14H2,1-4H3/t18-,20-/m0/s1. The Morgan fingerprint density at radius 3 is 2.61 bits per heavy atom. The lowest BCUT2D eigenvalue weighted by Gasteiger charge is -2.34. The summed E-state index contributed by atoms with van der Waals surface area (Å²) >= 11 is 0. The minimum absolute atomic E-state index is 0.0384. The number of aryl methyl sites for hydroxylation is 1. The van der Waals surface area contributed by atoms with Gasteiger partial charge >= 0.3 is 0 Å². The van der Waals surface area contributed by atoms with E-state index in [9.17, 15) is 0 Å². The van der Waals surface area contributed by atoms with Gasteiger partial charge in [-0.2, -0.15) is 9.97 Å². The van der Waals surface area contributed by atoms with E-state index in [-0.39, 0.29) is 12.1 Å². The van der Waals surface area contributed by atoms with Crippen LogP contribution in [0.3, 0.4) is 0 Å². The highest BCUT2D eigenvalue weighted by molar-refractivity contribution is 5.36. The highest BCUT2D eigenvalue weighted by Gasteiger charge is 2.27. The molecule has 2 aromatic rings. The zero-order valence-electron chi connectivity index (χ0n) is 17.4. The quantitative estimate of drug-likeness (QED) is 0.727. The molecule has 1 aromatic carbocycles. The van der Waals surface area contributed by atoms with Crippen LogP contribution in [0.5, 0.6) is 11.8 Å². The first-order chi connectivity index (χ1) is 13.6. The third kappa shape index (κ3) is 5.00. The lowest BCUT2D eigenvalue weighted by molar-refractivity contribution is 0.224. The minimum atomic E-state index is 0.0384. The van der Waals surface area contributed by atoms with Crippen LogP contribution in [-0.4, -0.2) is 35.8 Å². The van der Waals surface area contributed by atoms with Crippen LogP contribution < -0.4 is 20.1 Å². The molecule has 0 spiro atoms. The van der Waals surface area contributed by atoms with Gasteiger partial charge in [-0.05, 0) is 38.8 Å². The van der Waals surface area contributed by atoms with E-state index in [1.165, 1.54) is 5.56 Å². The van der Waals surface area contributed by atoms with Crippen LogP contribution in [0.4, 0.5) is 0 Å². The second-order valence-electron chi connectivity index (χ2n) is 7.43. The molecule has 6 nitrogen and oxygen atoms in total. The van der Waals surface area contributed by atoms with Crippen molar-refractivity contribution < 1.29 is 9.47 Å². The maximum absolute atomic E-state index is 5.99. The second kappa shape index (κ2) is 9.85. The fourth-order valence-electron chi connectivity index (χ4n) is 3.64. The molecule has 0 bridgehead atoms. The fraction of sp³-hybridized carbons (Fsp3) is 0.545. The lowest BCUT2D eigenvalue weighted by atomic mass is 9.92. The monoisotopic (exact) mass is 384 g/mol. The summed E-state index contributed by atoms with van der Waals surface area (Å²) in [6, 6.07) is 11.2. The summed E-state index contributed by atoms with van der Waals surface area (Å²) in [4.78, 5) is 9.16. The van der Waals surface area contributed by atoms with Crippen molar-refractivity contribution in [3.63, 3.8) is 0 Å². The van der Waals surface area contributed by atoms with Gasteiger partial charge in [-0.25, -0.2) is 0 Å². The molecule has 6 heteroatoms.